The van der Waals surface area contributed by atoms with Gasteiger partial charge in [0.1, 0.15) is 5.82 Å². The van der Waals surface area contributed by atoms with E-state index in [0.717, 1.165) is 41.0 Å². The summed E-state index contributed by atoms with van der Waals surface area (Å²) in [4.78, 5) is 34.5. The van der Waals surface area contributed by atoms with Gasteiger partial charge in [-0.2, -0.15) is 0 Å². The van der Waals surface area contributed by atoms with E-state index in [4.69, 9.17) is 0 Å². The van der Waals surface area contributed by atoms with Gasteiger partial charge in [-0.25, -0.2) is 4.98 Å². The van der Waals surface area contributed by atoms with Gasteiger partial charge in [-0.05, 0) is 54.7 Å². The third kappa shape index (κ3) is 3.88. The maximum absolute atomic E-state index is 13.0. The van der Waals surface area contributed by atoms with Gasteiger partial charge in [0.05, 0.1) is 17.1 Å². The Morgan fingerprint density at radius 3 is 2.72 bits per heavy atom. The minimum atomic E-state index is -0.197. The summed E-state index contributed by atoms with van der Waals surface area (Å²) >= 11 is 0. The lowest BCUT2D eigenvalue weighted by Gasteiger charge is -2.19. The molecule has 0 saturated heterocycles. The summed E-state index contributed by atoms with van der Waals surface area (Å²) in [7, 11) is 0. The number of anilines is 1. The van der Waals surface area contributed by atoms with E-state index < -0.39 is 0 Å². The van der Waals surface area contributed by atoms with E-state index in [1.165, 1.54) is 0 Å². The van der Waals surface area contributed by atoms with Crippen molar-refractivity contribution in [3.8, 4) is 0 Å². The van der Waals surface area contributed by atoms with E-state index in [9.17, 15) is 9.59 Å². The molecule has 29 heavy (non-hydrogen) atoms. The van der Waals surface area contributed by atoms with Gasteiger partial charge < -0.3 is 15.2 Å². The number of amides is 2. The van der Waals surface area contributed by atoms with E-state index in [0.29, 0.717) is 18.0 Å². The Hall–Kier alpha value is -3.15. The Bertz CT molecular complexity index is 1040. The number of hydrogen-bond donors (Lipinski definition) is 2. The largest absolute Gasteiger partial charge is 0.342 e. The van der Waals surface area contributed by atoms with Gasteiger partial charge in [0.15, 0.2) is 0 Å². The zero-order chi connectivity index (χ0) is 20.5. The predicted molar refractivity (Wildman–Crippen MR) is 114 cm³/mol. The lowest BCUT2D eigenvalue weighted by atomic mass is 10.0. The number of imidazole rings is 1. The van der Waals surface area contributed by atoms with Crippen LogP contribution in [-0.2, 0) is 11.2 Å². The molecule has 1 unspecified atom stereocenters. The first-order chi connectivity index (χ1) is 13.9. The van der Waals surface area contributed by atoms with Crippen molar-refractivity contribution in [3.63, 3.8) is 0 Å². The van der Waals surface area contributed by atoms with Crippen molar-refractivity contribution >= 4 is 28.5 Å². The Morgan fingerprint density at radius 1 is 1.21 bits per heavy atom. The molecule has 1 aromatic heterocycles. The molecular weight excluding hydrogens is 364 g/mol. The molecule has 150 valence electrons. The minimum absolute atomic E-state index is 0.0304. The molecule has 0 spiro atoms. The van der Waals surface area contributed by atoms with Crippen LogP contribution in [-0.4, -0.2) is 28.3 Å². The molecule has 1 aliphatic rings. The van der Waals surface area contributed by atoms with Crippen LogP contribution in [0.1, 0.15) is 55.0 Å². The van der Waals surface area contributed by atoms with Gasteiger partial charge >= 0.3 is 0 Å². The number of aromatic amines is 1. The number of carbonyl (C=O) groups is 2. The van der Waals surface area contributed by atoms with Crippen molar-refractivity contribution in [1.29, 1.82) is 0 Å². The van der Waals surface area contributed by atoms with E-state index in [2.05, 4.69) is 29.1 Å². The third-order valence-corrected chi connectivity index (χ3v) is 5.37. The summed E-state index contributed by atoms with van der Waals surface area (Å²) in [5.74, 6) is 1.08. The van der Waals surface area contributed by atoms with Gasteiger partial charge in [0, 0.05) is 24.7 Å². The van der Waals surface area contributed by atoms with Gasteiger partial charge in [0.2, 0.25) is 5.91 Å². The molecule has 6 nitrogen and oxygen atoms in total. The molecule has 0 saturated carbocycles. The lowest BCUT2D eigenvalue weighted by molar-refractivity contribution is -0.116. The van der Waals surface area contributed by atoms with E-state index in [1.807, 2.05) is 36.4 Å². The lowest BCUT2D eigenvalue weighted by Crippen LogP contribution is -2.30. The van der Waals surface area contributed by atoms with Crippen LogP contribution in [0.25, 0.3) is 11.0 Å². The highest BCUT2D eigenvalue weighted by Gasteiger charge is 2.25. The number of carbonyl (C=O) groups excluding carboxylic acids is 2. The summed E-state index contributed by atoms with van der Waals surface area (Å²) in [6, 6.07) is 13.2. The molecule has 2 amide bonds. The van der Waals surface area contributed by atoms with E-state index in [-0.39, 0.29) is 17.9 Å². The molecule has 2 aromatic carbocycles. The quantitative estimate of drug-likeness (QED) is 0.691. The van der Waals surface area contributed by atoms with Crippen molar-refractivity contribution in [2.24, 2.45) is 5.92 Å². The van der Waals surface area contributed by atoms with Crippen LogP contribution in [0.3, 0.4) is 0 Å². The standard InChI is InChI=1S/C23H26N4O2/c1-14(2)12-20(22-24-18-6-4-5-7-19(18)25-22)26-23(29)17-8-9-21-16(13-17)10-11-27(21)15(3)28/h4-9,13-14,20H,10-12H2,1-3H3,(H,24,25)(H,26,29). The molecule has 2 N–H and O–H groups in total. The van der Waals surface area contributed by atoms with E-state index in [1.54, 1.807) is 17.9 Å². The molecule has 0 radical (unpaired) electrons. The first kappa shape index (κ1) is 19.2. The molecule has 0 bridgehead atoms. The second kappa shape index (κ2) is 7.70. The number of benzene rings is 2. The fourth-order valence-corrected chi connectivity index (χ4v) is 3.96. The highest BCUT2D eigenvalue weighted by Crippen LogP contribution is 2.29. The number of aromatic nitrogens is 2. The highest BCUT2D eigenvalue weighted by atomic mass is 16.2. The molecule has 1 atom stereocenters. The monoisotopic (exact) mass is 390 g/mol. The van der Waals surface area contributed by atoms with Crippen LogP contribution in [0.4, 0.5) is 5.69 Å². The number of nitrogens with zero attached hydrogens (tertiary/aromatic N) is 2. The van der Waals surface area contributed by atoms with Crippen LogP contribution < -0.4 is 10.2 Å². The van der Waals surface area contributed by atoms with Crippen LogP contribution in [0.2, 0.25) is 0 Å². The zero-order valence-corrected chi connectivity index (χ0v) is 17.0. The Balaban J connectivity index is 1.58. The number of H-pyrrole nitrogens is 1. The SMILES string of the molecule is CC(=O)N1CCc2cc(C(=O)NC(CC(C)C)c3nc4ccccc4[nH]3)ccc21. The molecular formula is C23H26N4O2. The first-order valence-electron chi connectivity index (χ1n) is 10.1. The van der Waals surface area contributed by atoms with Crippen molar-refractivity contribution in [2.45, 2.75) is 39.7 Å². The maximum Gasteiger partial charge on any atom is 0.251 e. The molecule has 3 aromatic rings. The van der Waals surface area contributed by atoms with Crippen LogP contribution in [0.15, 0.2) is 42.5 Å². The van der Waals surface area contributed by atoms with Crippen LogP contribution >= 0.6 is 0 Å². The number of nitrogens with one attached hydrogen (secondary N) is 2. The summed E-state index contributed by atoms with van der Waals surface area (Å²) in [6.45, 7) is 6.51. The smallest absolute Gasteiger partial charge is 0.251 e. The van der Waals surface area contributed by atoms with Crippen molar-refractivity contribution < 1.29 is 9.59 Å². The minimum Gasteiger partial charge on any atom is -0.342 e. The van der Waals surface area contributed by atoms with E-state index >= 15 is 0 Å². The summed E-state index contributed by atoms with van der Waals surface area (Å²) in [5.41, 5.74) is 4.42. The Labute approximate surface area is 170 Å². The summed E-state index contributed by atoms with van der Waals surface area (Å²) in [6.07, 6.45) is 1.56. The zero-order valence-electron chi connectivity index (χ0n) is 17.0. The normalized spacial score (nSPS) is 14.3. The average Bonchev–Trinajstić information content (AvgIpc) is 3.30. The van der Waals surface area contributed by atoms with Gasteiger partial charge in [-0.15, -0.1) is 0 Å². The topological polar surface area (TPSA) is 78.1 Å². The second-order valence-corrected chi connectivity index (χ2v) is 8.06. The summed E-state index contributed by atoms with van der Waals surface area (Å²) in [5, 5.41) is 3.15. The fraction of sp³-hybridized carbons (Fsp3) is 0.348. The number of fused-ring (bicyclic) bond motifs is 2. The highest BCUT2D eigenvalue weighted by molar-refractivity contribution is 5.98. The van der Waals surface area contributed by atoms with Crippen LogP contribution in [0, 0.1) is 5.92 Å². The Morgan fingerprint density at radius 2 is 2.00 bits per heavy atom. The second-order valence-electron chi connectivity index (χ2n) is 8.06. The van der Waals surface area contributed by atoms with Crippen LogP contribution in [0.5, 0.6) is 0 Å². The molecule has 2 heterocycles. The van der Waals surface area contributed by atoms with Gasteiger partial charge in [0.25, 0.3) is 5.91 Å². The molecule has 1 aliphatic heterocycles. The first-order valence-corrected chi connectivity index (χ1v) is 10.1. The van der Waals surface area contributed by atoms with Crippen molar-refractivity contribution in [1.82, 2.24) is 15.3 Å². The molecule has 6 heteroatoms. The predicted octanol–water partition coefficient (Wildman–Crippen LogP) is 3.99. The molecule has 0 aliphatic carbocycles. The number of rotatable bonds is 5. The average molecular weight is 390 g/mol. The number of para-hydroxylation sites is 2. The number of hydrogen-bond acceptors (Lipinski definition) is 3. The summed E-state index contributed by atoms with van der Waals surface area (Å²) < 4.78 is 0. The Kier molecular flexibility index (Phi) is 5.09. The van der Waals surface area contributed by atoms with Gasteiger partial charge in [-0.3, -0.25) is 9.59 Å². The van der Waals surface area contributed by atoms with Crippen molar-refractivity contribution in [3.05, 3.63) is 59.4 Å². The molecule has 0 fully saturated rings. The third-order valence-electron chi connectivity index (χ3n) is 5.37. The molecule has 4 rings (SSSR count). The fourth-order valence-electron chi connectivity index (χ4n) is 3.96. The maximum atomic E-state index is 13.0. The van der Waals surface area contributed by atoms with Crippen molar-refractivity contribution in [2.75, 3.05) is 11.4 Å². The van der Waals surface area contributed by atoms with Gasteiger partial charge in [-0.1, -0.05) is 26.0 Å².